The number of amides is 1. The van der Waals surface area contributed by atoms with Gasteiger partial charge >= 0.3 is 5.97 Å². The second-order valence-corrected chi connectivity index (χ2v) is 12.6. The van der Waals surface area contributed by atoms with Gasteiger partial charge in [0.15, 0.2) is 0 Å². The summed E-state index contributed by atoms with van der Waals surface area (Å²) in [6.07, 6.45) is 1.15. The van der Waals surface area contributed by atoms with Crippen LogP contribution in [0.4, 0.5) is 14.5 Å². The molecule has 1 aliphatic rings. The summed E-state index contributed by atoms with van der Waals surface area (Å²) in [6.45, 7) is 6.42. The van der Waals surface area contributed by atoms with Gasteiger partial charge in [0, 0.05) is 36.3 Å². The summed E-state index contributed by atoms with van der Waals surface area (Å²) in [5.41, 5.74) is 5.68. The summed E-state index contributed by atoms with van der Waals surface area (Å²) >= 11 is -1.48. The Balaban J connectivity index is 1.55. The van der Waals surface area contributed by atoms with Gasteiger partial charge in [-0.15, -0.1) is 0 Å². The molecular weight excluding hydrogens is 631 g/mol. The fraction of sp³-hybridized carbons (Fsp3) is 0.400. The van der Waals surface area contributed by atoms with Crippen molar-refractivity contribution in [2.24, 2.45) is 5.92 Å². The lowest BCUT2D eigenvalue weighted by Crippen LogP contribution is -2.42. The summed E-state index contributed by atoms with van der Waals surface area (Å²) in [5.74, 6) is -0.926. The van der Waals surface area contributed by atoms with Crippen LogP contribution < -0.4 is 5.32 Å². The largest absolute Gasteiger partial charge is 0.481 e. The fourth-order valence-corrected chi connectivity index (χ4v) is 5.95. The van der Waals surface area contributed by atoms with E-state index in [1.165, 1.54) is 0 Å². The van der Waals surface area contributed by atoms with Gasteiger partial charge < -0.3 is 19.8 Å². The molecule has 1 aliphatic heterocycles. The van der Waals surface area contributed by atoms with E-state index in [4.69, 9.17) is 4.52 Å². The van der Waals surface area contributed by atoms with Gasteiger partial charge in [-0.1, -0.05) is 48.6 Å². The Morgan fingerprint density at radius 2 is 1.95 bits per heavy atom. The number of piperidine rings is 1. The molecule has 2 aromatic carbocycles. The Morgan fingerprint density at radius 1 is 1.23 bits per heavy atom. The zero-order valence-corrected chi connectivity index (χ0v) is 25.0. The number of benzene rings is 2. The standard InChI is InChI=1S/C30H34F2IN3O4/c1-18-16-22(27-19(2)35-40-20(27)3)9-12-25(18)26(13-14-30(31,32)33-4)34-24-10-7-21(8-11-24)28(37)36-15-5-6-23(17-36)29(38)39/h7-12,16,23,26,34H,4-6,13-15,17H2,1-3H3,(H,38,39)/t23-,26?/m1/s1. The van der Waals surface area contributed by atoms with Crippen LogP contribution in [0, 0.1) is 26.7 Å². The van der Waals surface area contributed by atoms with Crippen LogP contribution in [0.5, 0.6) is 0 Å². The number of rotatable bonds is 10. The number of alkyl halides is 3. The molecule has 40 heavy (non-hydrogen) atoms. The minimum Gasteiger partial charge on any atom is -0.481 e. The molecule has 4 rings (SSSR count). The van der Waals surface area contributed by atoms with Crippen molar-refractivity contribution in [3.8, 4) is 11.1 Å². The van der Waals surface area contributed by atoms with E-state index in [0.717, 1.165) is 33.7 Å². The lowest BCUT2D eigenvalue weighted by molar-refractivity contribution is -0.143. The normalized spacial score (nSPS) is 16.5. The fourth-order valence-electron chi connectivity index (χ4n) is 5.25. The molecule has 1 unspecified atom stereocenters. The molecule has 0 bridgehead atoms. The van der Waals surface area contributed by atoms with E-state index < -0.39 is 36.5 Å². The minimum absolute atomic E-state index is 0.197. The maximum absolute atomic E-state index is 14.3. The van der Waals surface area contributed by atoms with Crippen LogP contribution in [-0.2, 0) is 4.79 Å². The van der Waals surface area contributed by atoms with Gasteiger partial charge in [-0.05, 0) is 81.0 Å². The maximum atomic E-state index is 14.3. The number of nitrogens with zero attached hydrogens (tertiary/aromatic N) is 2. The Kier molecular flexibility index (Phi) is 9.37. The van der Waals surface area contributed by atoms with Gasteiger partial charge in [-0.3, -0.25) is 9.59 Å². The number of hydrogen-bond donors (Lipinski definition) is 2. The molecule has 2 atom stereocenters. The lowest BCUT2D eigenvalue weighted by Gasteiger charge is -2.30. The molecule has 0 spiro atoms. The number of aryl methyl sites for hydroxylation is 3. The summed E-state index contributed by atoms with van der Waals surface area (Å²) in [5, 5.41) is 16.8. The second-order valence-electron chi connectivity index (χ2n) is 10.3. The Bertz CT molecular complexity index is 1370. The van der Waals surface area contributed by atoms with Crippen molar-refractivity contribution >= 4 is 42.8 Å². The van der Waals surface area contributed by atoms with Crippen LogP contribution in [0.3, 0.4) is 0 Å². The highest BCUT2D eigenvalue weighted by Gasteiger charge is 2.29. The average molecular weight is 666 g/mol. The van der Waals surface area contributed by atoms with Gasteiger partial charge in [0.2, 0.25) is 0 Å². The first-order valence-electron chi connectivity index (χ1n) is 13.2. The smallest absolute Gasteiger partial charge is 0.308 e. The molecular formula is C30H34F2IN3O4. The SMILES string of the molecule is C=IC(F)(F)CCC(Nc1ccc(C(=O)N2CCC[C@@H](C(=O)O)C2)cc1)c1ccc(-c2c(C)noc2C)cc1C. The third-order valence-electron chi connectivity index (χ3n) is 7.41. The zero-order chi connectivity index (χ0) is 29.0. The molecule has 0 radical (unpaired) electrons. The molecule has 2 N–H and O–H groups in total. The highest BCUT2D eigenvalue weighted by atomic mass is 127. The maximum Gasteiger partial charge on any atom is 0.308 e. The van der Waals surface area contributed by atoms with E-state index in [0.29, 0.717) is 30.6 Å². The number of halogens is 3. The van der Waals surface area contributed by atoms with Crippen LogP contribution >= 0.6 is 20.7 Å². The molecule has 1 aromatic heterocycles. The number of carboxylic acid groups (broad SMARTS) is 1. The van der Waals surface area contributed by atoms with Crippen molar-refractivity contribution in [1.29, 1.82) is 0 Å². The highest BCUT2D eigenvalue weighted by Crippen LogP contribution is 2.38. The highest BCUT2D eigenvalue weighted by molar-refractivity contribution is 14.2. The third kappa shape index (κ3) is 6.94. The second kappa shape index (κ2) is 12.6. The van der Waals surface area contributed by atoms with E-state index in [1.54, 1.807) is 29.2 Å². The van der Waals surface area contributed by atoms with Crippen molar-refractivity contribution in [3.05, 3.63) is 70.6 Å². The first-order chi connectivity index (χ1) is 19.0. The Morgan fingerprint density at radius 3 is 2.55 bits per heavy atom. The van der Waals surface area contributed by atoms with Crippen LogP contribution in [0.1, 0.15) is 64.7 Å². The van der Waals surface area contributed by atoms with Crippen molar-refractivity contribution in [1.82, 2.24) is 10.1 Å². The van der Waals surface area contributed by atoms with E-state index in [2.05, 4.69) is 15.0 Å². The quantitative estimate of drug-likeness (QED) is 0.177. The van der Waals surface area contributed by atoms with E-state index in [-0.39, 0.29) is 31.3 Å². The van der Waals surface area contributed by atoms with Gasteiger partial charge in [-0.25, -0.2) is 0 Å². The van der Waals surface area contributed by atoms with Crippen molar-refractivity contribution in [2.75, 3.05) is 18.4 Å². The van der Waals surface area contributed by atoms with E-state index >= 15 is 0 Å². The van der Waals surface area contributed by atoms with Gasteiger partial charge in [0.25, 0.3) is 9.84 Å². The molecule has 2 heterocycles. The van der Waals surface area contributed by atoms with E-state index in [9.17, 15) is 23.5 Å². The molecule has 214 valence electrons. The molecule has 7 nitrogen and oxygen atoms in total. The van der Waals surface area contributed by atoms with Crippen molar-refractivity contribution in [3.63, 3.8) is 0 Å². The van der Waals surface area contributed by atoms with Crippen LogP contribution in [0.2, 0.25) is 0 Å². The Hall–Kier alpha value is -3.15. The van der Waals surface area contributed by atoms with Crippen LogP contribution in [0.15, 0.2) is 47.0 Å². The Labute approximate surface area is 242 Å². The lowest BCUT2D eigenvalue weighted by atomic mass is 9.93. The van der Waals surface area contributed by atoms with E-state index in [1.807, 2.05) is 39.0 Å². The predicted molar refractivity (Wildman–Crippen MR) is 161 cm³/mol. The monoisotopic (exact) mass is 665 g/mol. The number of aromatic nitrogens is 1. The molecule has 10 heteroatoms. The number of hydrogen-bond acceptors (Lipinski definition) is 5. The first kappa shape index (κ1) is 29.8. The number of carboxylic acids is 1. The predicted octanol–water partition coefficient (Wildman–Crippen LogP) is 7.13. The summed E-state index contributed by atoms with van der Waals surface area (Å²) in [6, 6.07) is 12.5. The summed E-state index contributed by atoms with van der Waals surface area (Å²) < 4.78 is 34.6. The van der Waals surface area contributed by atoms with Crippen LogP contribution in [-0.4, -0.2) is 48.6 Å². The third-order valence-corrected chi connectivity index (χ3v) is 9.07. The topological polar surface area (TPSA) is 95.7 Å². The zero-order valence-electron chi connectivity index (χ0n) is 22.8. The molecule has 3 aromatic rings. The van der Waals surface area contributed by atoms with Gasteiger partial charge in [-0.2, -0.15) is 8.78 Å². The van der Waals surface area contributed by atoms with Crippen molar-refractivity contribution in [2.45, 2.75) is 56.4 Å². The number of carbonyl (C=O) groups excluding carboxylic acids is 1. The molecule has 1 fully saturated rings. The summed E-state index contributed by atoms with van der Waals surface area (Å²) in [4.78, 5) is 26.0. The van der Waals surface area contributed by atoms with Gasteiger partial charge in [0.05, 0.1) is 17.7 Å². The molecule has 1 amide bonds. The number of likely N-dealkylation sites (tertiary alicyclic amines) is 1. The number of carbonyl (C=O) groups is 2. The molecule has 0 saturated carbocycles. The minimum atomic E-state index is -2.76. The molecule has 1 saturated heterocycles. The van der Waals surface area contributed by atoms with Crippen LogP contribution in [0.25, 0.3) is 11.1 Å². The first-order valence-corrected chi connectivity index (χ1v) is 15.8. The summed E-state index contributed by atoms with van der Waals surface area (Å²) in [7, 11) is 0. The molecule has 0 aliphatic carbocycles. The average Bonchev–Trinajstić information content (AvgIpc) is 3.28. The number of anilines is 1. The van der Waals surface area contributed by atoms with Crippen molar-refractivity contribution < 1.29 is 28.0 Å². The van der Waals surface area contributed by atoms with Gasteiger partial charge in [0.1, 0.15) is 5.76 Å². The number of aliphatic carboxylic acids is 1. The number of nitrogens with one attached hydrogen (secondary N) is 1.